The summed E-state index contributed by atoms with van der Waals surface area (Å²) in [4.78, 5) is 14.2. The van der Waals surface area contributed by atoms with Gasteiger partial charge in [0, 0.05) is 28.2 Å². The molecule has 96 valence electrons. The SMILES string of the molecule is CSCC(CCO)NC(=O)c1cc(C)sc1C. The number of nitrogens with one attached hydrogen (secondary N) is 1. The van der Waals surface area contributed by atoms with Gasteiger partial charge in [-0.3, -0.25) is 4.79 Å². The summed E-state index contributed by atoms with van der Waals surface area (Å²) in [7, 11) is 0. The number of aliphatic hydroxyl groups excluding tert-OH is 1. The van der Waals surface area contributed by atoms with Gasteiger partial charge in [-0.1, -0.05) is 0 Å². The number of aryl methyl sites for hydroxylation is 2. The van der Waals surface area contributed by atoms with Gasteiger partial charge in [0.1, 0.15) is 0 Å². The number of amides is 1. The molecule has 1 rings (SSSR count). The van der Waals surface area contributed by atoms with Gasteiger partial charge < -0.3 is 10.4 Å². The van der Waals surface area contributed by atoms with Crippen molar-refractivity contribution in [1.29, 1.82) is 0 Å². The molecule has 1 aromatic heterocycles. The quantitative estimate of drug-likeness (QED) is 0.835. The third-order valence-corrected chi connectivity index (χ3v) is 4.17. The van der Waals surface area contributed by atoms with Crippen LogP contribution in [0.15, 0.2) is 6.07 Å². The molecule has 1 heterocycles. The molecule has 1 aromatic rings. The van der Waals surface area contributed by atoms with Crippen molar-refractivity contribution in [2.45, 2.75) is 26.3 Å². The zero-order chi connectivity index (χ0) is 12.8. The first-order valence-electron chi connectivity index (χ1n) is 5.56. The van der Waals surface area contributed by atoms with E-state index in [9.17, 15) is 4.79 Å². The van der Waals surface area contributed by atoms with Crippen LogP contribution in [-0.2, 0) is 0 Å². The van der Waals surface area contributed by atoms with Gasteiger partial charge in [-0.15, -0.1) is 11.3 Å². The van der Waals surface area contributed by atoms with Gasteiger partial charge in [-0.25, -0.2) is 0 Å². The van der Waals surface area contributed by atoms with Crippen molar-refractivity contribution in [3.05, 3.63) is 21.4 Å². The van der Waals surface area contributed by atoms with Crippen molar-refractivity contribution < 1.29 is 9.90 Å². The zero-order valence-electron chi connectivity index (χ0n) is 10.4. The van der Waals surface area contributed by atoms with Crippen molar-refractivity contribution in [2.24, 2.45) is 0 Å². The van der Waals surface area contributed by atoms with Gasteiger partial charge in [-0.05, 0) is 32.6 Å². The van der Waals surface area contributed by atoms with Crippen LogP contribution in [0.3, 0.4) is 0 Å². The molecule has 0 spiro atoms. The van der Waals surface area contributed by atoms with Crippen LogP contribution < -0.4 is 5.32 Å². The van der Waals surface area contributed by atoms with Crippen LogP contribution in [0.5, 0.6) is 0 Å². The molecule has 0 aromatic carbocycles. The summed E-state index contributed by atoms with van der Waals surface area (Å²) >= 11 is 3.31. The van der Waals surface area contributed by atoms with Crippen molar-refractivity contribution in [3.8, 4) is 0 Å². The molecule has 0 saturated carbocycles. The molecular formula is C12H19NO2S2. The van der Waals surface area contributed by atoms with Gasteiger partial charge in [0.2, 0.25) is 0 Å². The lowest BCUT2D eigenvalue weighted by Crippen LogP contribution is -2.37. The van der Waals surface area contributed by atoms with Crippen LogP contribution in [-0.4, -0.2) is 35.7 Å². The number of hydrogen-bond acceptors (Lipinski definition) is 4. The molecule has 17 heavy (non-hydrogen) atoms. The number of thiophene rings is 1. The van der Waals surface area contributed by atoms with Crippen LogP contribution >= 0.6 is 23.1 Å². The normalized spacial score (nSPS) is 12.5. The fraction of sp³-hybridized carbons (Fsp3) is 0.583. The summed E-state index contributed by atoms with van der Waals surface area (Å²) < 4.78 is 0. The summed E-state index contributed by atoms with van der Waals surface area (Å²) in [5, 5.41) is 11.9. The summed E-state index contributed by atoms with van der Waals surface area (Å²) in [6.45, 7) is 4.07. The highest BCUT2D eigenvalue weighted by Crippen LogP contribution is 2.20. The molecule has 1 amide bonds. The van der Waals surface area contributed by atoms with Crippen LogP contribution in [0.25, 0.3) is 0 Å². The first kappa shape index (κ1) is 14.5. The van der Waals surface area contributed by atoms with E-state index < -0.39 is 0 Å². The van der Waals surface area contributed by atoms with Crippen LogP contribution in [0, 0.1) is 13.8 Å². The second kappa shape index (κ2) is 7.03. The number of aliphatic hydroxyl groups is 1. The molecule has 0 bridgehead atoms. The standard InChI is InChI=1S/C12H19NO2S2/c1-8-6-11(9(2)17-8)12(15)13-10(4-5-14)7-16-3/h6,10,14H,4-5,7H2,1-3H3,(H,13,15). The highest BCUT2D eigenvalue weighted by Gasteiger charge is 2.16. The second-order valence-corrected chi connectivity index (χ2v) is 6.34. The fourth-order valence-electron chi connectivity index (χ4n) is 1.67. The first-order chi connectivity index (χ1) is 8.08. The molecule has 0 saturated heterocycles. The third-order valence-electron chi connectivity index (χ3n) is 2.47. The van der Waals surface area contributed by atoms with E-state index in [2.05, 4.69) is 5.32 Å². The maximum Gasteiger partial charge on any atom is 0.252 e. The van der Waals surface area contributed by atoms with Crippen molar-refractivity contribution in [2.75, 3.05) is 18.6 Å². The Kier molecular flexibility index (Phi) is 6.02. The van der Waals surface area contributed by atoms with Gasteiger partial charge in [0.25, 0.3) is 5.91 Å². The Morgan fingerprint density at radius 2 is 2.29 bits per heavy atom. The van der Waals surface area contributed by atoms with Crippen LogP contribution in [0.2, 0.25) is 0 Å². The average Bonchev–Trinajstić information content (AvgIpc) is 2.58. The Morgan fingerprint density at radius 1 is 1.59 bits per heavy atom. The van der Waals surface area contributed by atoms with Crippen molar-refractivity contribution >= 4 is 29.0 Å². The second-order valence-electron chi connectivity index (χ2n) is 3.96. The summed E-state index contributed by atoms with van der Waals surface area (Å²) in [6, 6.07) is 1.96. The number of carbonyl (C=O) groups is 1. The molecule has 0 aliphatic heterocycles. The van der Waals surface area contributed by atoms with Gasteiger partial charge in [0.15, 0.2) is 0 Å². The minimum absolute atomic E-state index is 0.0284. The largest absolute Gasteiger partial charge is 0.396 e. The first-order valence-corrected chi connectivity index (χ1v) is 7.77. The number of thioether (sulfide) groups is 1. The predicted octanol–water partition coefficient (Wildman–Crippen LogP) is 2.21. The molecule has 1 unspecified atom stereocenters. The van der Waals surface area contributed by atoms with Crippen LogP contribution in [0.4, 0.5) is 0 Å². The maximum absolute atomic E-state index is 12.0. The Morgan fingerprint density at radius 3 is 2.76 bits per heavy atom. The molecule has 0 radical (unpaired) electrons. The highest BCUT2D eigenvalue weighted by molar-refractivity contribution is 7.98. The number of rotatable bonds is 6. The van der Waals surface area contributed by atoms with Crippen molar-refractivity contribution in [1.82, 2.24) is 5.32 Å². The highest BCUT2D eigenvalue weighted by atomic mass is 32.2. The maximum atomic E-state index is 12.0. The van der Waals surface area contributed by atoms with Crippen molar-refractivity contribution in [3.63, 3.8) is 0 Å². The Labute approximate surface area is 111 Å². The molecule has 5 heteroatoms. The average molecular weight is 273 g/mol. The van der Waals surface area contributed by atoms with Gasteiger partial charge in [-0.2, -0.15) is 11.8 Å². The minimum atomic E-state index is -0.0284. The Balaban J connectivity index is 2.66. The zero-order valence-corrected chi connectivity index (χ0v) is 12.1. The number of carbonyl (C=O) groups excluding carboxylic acids is 1. The van der Waals surface area contributed by atoms with E-state index in [0.29, 0.717) is 6.42 Å². The molecular weight excluding hydrogens is 254 g/mol. The van der Waals surface area contributed by atoms with E-state index in [1.807, 2.05) is 26.2 Å². The Bertz CT molecular complexity index is 371. The predicted molar refractivity (Wildman–Crippen MR) is 75.1 cm³/mol. The topological polar surface area (TPSA) is 49.3 Å². The smallest absolute Gasteiger partial charge is 0.252 e. The van der Waals surface area contributed by atoms with E-state index >= 15 is 0 Å². The van der Waals surface area contributed by atoms with E-state index in [1.165, 1.54) is 0 Å². The summed E-state index contributed by atoms with van der Waals surface area (Å²) in [6.07, 6.45) is 2.60. The van der Waals surface area contributed by atoms with Crippen LogP contribution in [0.1, 0.15) is 26.5 Å². The van der Waals surface area contributed by atoms with Gasteiger partial charge >= 0.3 is 0 Å². The molecule has 0 aliphatic rings. The van der Waals surface area contributed by atoms with E-state index in [-0.39, 0.29) is 18.6 Å². The van der Waals surface area contributed by atoms with E-state index in [0.717, 1.165) is 21.1 Å². The third kappa shape index (κ3) is 4.33. The fourth-order valence-corrected chi connectivity index (χ4v) is 3.25. The monoisotopic (exact) mass is 273 g/mol. The minimum Gasteiger partial charge on any atom is -0.396 e. The molecule has 0 aliphatic carbocycles. The summed E-state index contributed by atoms with van der Waals surface area (Å²) in [5.74, 6) is 0.799. The lowest BCUT2D eigenvalue weighted by Gasteiger charge is -2.16. The molecule has 1 atom stereocenters. The molecule has 2 N–H and O–H groups in total. The van der Waals surface area contributed by atoms with Gasteiger partial charge in [0.05, 0.1) is 5.56 Å². The molecule has 0 fully saturated rings. The summed E-state index contributed by atoms with van der Waals surface area (Å²) in [5.41, 5.74) is 0.761. The number of hydrogen-bond donors (Lipinski definition) is 2. The lowest BCUT2D eigenvalue weighted by atomic mass is 10.2. The molecule has 3 nitrogen and oxygen atoms in total. The van der Waals surface area contributed by atoms with E-state index in [4.69, 9.17) is 5.11 Å². The lowest BCUT2D eigenvalue weighted by molar-refractivity contribution is 0.0935. The Hall–Kier alpha value is -0.520. The van der Waals surface area contributed by atoms with E-state index in [1.54, 1.807) is 23.1 Å².